The van der Waals surface area contributed by atoms with Gasteiger partial charge in [-0.05, 0) is 75.8 Å². The van der Waals surface area contributed by atoms with Crippen molar-refractivity contribution in [3.8, 4) is 33.4 Å². The zero-order valence-corrected chi connectivity index (χ0v) is 36.2. The van der Waals surface area contributed by atoms with E-state index in [9.17, 15) is 0 Å². The number of halogens is 2. The van der Waals surface area contributed by atoms with Crippen molar-refractivity contribution in [2.75, 3.05) is 0 Å². The van der Waals surface area contributed by atoms with Crippen LogP contribution in [0, 0.1) is 79.7 Å². The van der Waals surface area contributed by atoms with Gasteiger partial charge in [-0.3, -0.25) is 6.08 Å². The molecule has 0 N–H and O–H groups in total. The van der Waals surface area contributed by atoms with E-state index in [0.717, 1.165) is 12.8 Å². The SMILES string of the molecule is Cc1cc(C)c(-c2[c-]c3c(cc2)-c2ccc(-c4c(C)cc(C)cc4C)cc2C3)c(C)c1.Cc1cc[c-]cc1.Cc1cc[c-]cc1.Cl.Cl.[C-]1=CC=CC1.[CH2]=[Ti]. The van der Waals surface area contributed by atoms with Crippen LogP contribution in [0.2, 0.25) is 0 Å². The summed E-state index contributed by atoms with van der Waals surface area (Å²) in [5.74, 6) is 0. The van der Waals surface area contributed by atoms with Crippen molar-refractivity contribution < 1.29 is 20.0 Å². The molecule has 6 aromatic carbocycles. The molecule has 2 aliphatic carbocycles. The van der Waals surface area contributed by atoms with Crippen LogP contribution in [0.5, 0.6) is 0 Å². The van der Waals surface area contributed by atoms with Gasteiger partial charge in [-0.15, -0.1) is 60.6 Å². The van der Waals surface area contributed by atoms with E-state index in [2.05, 4.69) is 145 Å². The van der Waals surface area contributed by atoms with Crippen LogP contribution in [0.1, 0.15) is 62.1 Å². The van der Waals surface area contributed by atoms with E-state index in [4.69, 9.17) is 0 Å². The van der Waals surface area contributed by atoms with Crippen LogP contribution in [0.25, 0.3) is 33.4 Å². The predicted octanol–water partition coefficient (Wildman–Crippen LogP) is 13.9. The van der Waals surface area contributed by atoms with Crippen LogP contribution in [0.15, 0.2) is 121 Å². The molecule has 0 saturated heterocycles. The van der Waals surface area contributed by atoms with Crippen LogP contribution in [-0.4, -0.2) is 4.82 Å². The molecule has 0 aliphatic heterocycles. The van der Waals surface area contributed by atoms with E-state index in [1.54, 1.807) is 20.0 Å². The molecule has 0 aromatic heterocycles. The van der Waals surface area contributed by atoms with Crippen molar-refractivity contribution >= 4 is 29.6 Å². The van der Waals surface area contributed by atoms with Gasteiger partial charge < -0.3 is 0 Å². The van der Waals surface area contributed by atoms with Gasteiger partial charge >= 0.3 is 24.8 Å². The summed E-state index contributed by atoms with van der Waals surface area (Å²) in [7, 11) is 0. The normalized spacial score (nSPS) is 10.9. The average molecular weight is 784 g/mol. The third kappa shape index (κ3) is 12.8. The summed E-state index contributed by atoms with van der Waals surface area (Å²) in [4.78, 5) is 3.25. The van der Waals surface area contributed by atoms with Gasteiger partial charge in [0.2, 0.25) is 0 Å². The summed E-state index contributed by atoms with van der Waals surface area (Å²) < 4.78 is 0. The summed E-state index contributed by atoms with van der Waals surface area (Å²) in [6, 6.07) is 46.1. The third-order valence-electron chi connectivity index (χ3n) is 9.06. The van der Waals surface area contributed by atoms with Crippen LogP contribution in [-0.2, 0) is 26.4 Å². The topological polar surface area (TPSA) is 0 Å². The molecule has 0 saturated carbocycles. The summed E-state index contributed by atoms with van der Waals surface area (Å²) in [6.45, 7) is 17.3. The van der Waals surface area contributed by atoms with Gasteiger partial charge in [-0.25, -0.2) is 12.2 Å². The fourth-order valence-corrected chi connectivity index (χ4v) is 6.95. The molecule has 0 spiro atoms. The Morgan fingerprint density at radius 3 is 1.43 bits per heavy atom. The predicted molar refractivity (Wildman–Crippen MR) is 236 cm³/mol. The monoisotopic (exact) mass is 782 g/mol. The van der Waals surface area contributed by atoms with Crippen molar-refractivity contribution in [2.45, 2.75) is 68.2 Å². The van der Waals surface area contributed by atoms with Crippen molar-refractivity contribution in [3.63, 3.8) is 0 Å². The Morgan fingerprint density at radius 1 is 0.537 bits per heavy atom. The van der Waals surface area contributed by atoms with Gasteiger partial charge in [0.1, 0.15) is 0 Å². The Hall–Kier alpha value is -4.04. The van der Waals surface area contributed by atoms with Crippen molar-refractivity contribution in [1.82, 2.24) is 0 Å². The molecule has 0 nitrogen and oxygen atoms in total. The summed E-state index contributed by atoms with van der Waals surface area (Å²) >= 11 is 1.75. The molecule has 0 amide bonds. The van der Waals surface area contributed by atoms with Gasteiger partial charge in [0.15, 0.2) is 0 Å². The summed E-state index contributed by atoms with van der Waals surface area (Å²) in [5, 5.41) is 0. The molecular weight excluding hydrogens is 731 g/mol. The second-order valence-corrected chi connectivity index (χ2v) is 13.5. The molecule has 6 aromatic rings. The Morgan fingerprint density at radius 2 is 1.02 bits per heavy atom. The first kappa shape index (κ1) is 46.1. The van der Waals surface area contributed by atoms with Gasteiger partial charge in [0, 0.05) is 0 Å². The minimum absolute atomic E-state index is 0. The van der Waals surface area contributed by atoms with Crippen LogP contribution in [0.4, 0.5) is 0 Å². The zero-order chi connectivity index (χ0) is 37.6. The number of fused-ring (bicyclic) bond motifs is 3. The number of aryl methyl sites for hydroxylation is 8. The van der Waals surface area contributed by atoms with E-state index in [1.807, 2.05) is 60.7 Å². The number of hydrogen-bond acceptors (Lipinski definition) is 0. The number of allylic oxidation sites excluding steroid dienone is 4. The molecular formula is C51H52Cl2Ti-4. The molecule has 3 heteroatoms. The fourth-order valence-electron chi connectivity index (χ4n) is 6.95. The molecule has 8 rings (SSSR count). The van der Waals surface area contributed by atoms with Crippen LogP contribution in [0.3, 0.4) is 0 Å². The molecule has 0 heterocycles. The summed E-state index contributed by atoms with van der Waals surface area (Å²) in [6.07, 6.45) is 11.0. The van der Waals surface area contributed by atoms with E-state index in [0.29, 0.717) is 0 Å². The number of rotatable bonds is 2. The molecule has 0 unspecified atom stereocenters. The van der Waals surface area contributed by atoms with Crippen molar-refractivity contribution in [3.05, 3.63) is 201 Å². The second-order valence-electron chi connectivity index (χ2n) is 13.5. The third-order valence-corrected chi connectivity index (χ3v) is 9.06. The Kier molecular flexibility index (Phi) is 19.7. The molecule has 0 bridgehead atoms. The molecule has 0 fully saturated rings. The maximum atomic E-state index is 3.78. The first-order valence-corrected chi connectivity index (χ1v) is 19.0. The van der Waals surface area contributed by atoms with E-state index >= 15 is 0 Å². The Bertz CT molecular complexity index is 1940. The van der Waals surface area contributed by atoms with Crippen LogP contribution < -0.4 is 0 Å². The molecule has 54 heavy (non-hydrogen) atoms. The van der Waals surface area contributed by atoms with E-state index in [1.165, 1.54) is 89.0 Å². The second kappa shape index (κ2) is 23.0. The quantitative estimate of drug-likeness (QED) is 0.121. The summed E-state index contributed by atoms with van der Waals surface area (Å²) in [5.41, 5.74) is 21.3. The van der Waals surface area contributed by atoms with E-state index in [-0.39, 0.29) is 24.8 Å². The first-order chi connectivity index (χ1) is 25.1. The Labute approximate surface area is 350 Å². The molecule has 0 radical (unpaired) electrons. The molecule has 278 valence electrons. The van der Waals surface area contributed by atoms with Gasteiger partial charge in [-0.2, -0.15) is 77.9 Å². The fraction of sp³-hybridized carbons (Fsp3) is 0.196. The first-order valence-electron chi connectivity index (χ1n) is 17.9. The molecule has 0 atom stereocenters. The van der Waals surface area contributed by atoms with Crippen LogP contribution >= 0.6 is 24.8 Å². The Balaban J connectivity index is 0.000000356. The minimum atomic E-state index is 0. The van der Waals surface area contributed by atoms with Gasteiger partial charge in [0.25, 0.3) is 0 Å². The number of benzene rings is 6. The standard InChI is InChI=1S/C31H29.2C7H7.C5H5.CH2.2ClH.Ti/c1-18-11-20(3)30(21(4)12-18)24-7-9-28-26(15-24)17-27-16-25(8-10-29(27)28)31-22(5)13-19(2)14-23(31)6;2*1-7-5-3-2-4-6-7;1-2-4-5-3-1;;;;/h7-15H,17H2,1-6H3;2*3-6H,1H3;1-3H,4H2;1H2;2*1H;/q4*-1;;;;. The average Bonchev–Trinajstić information content (AvgIpc) is 3.82. The van der Waals surface area contributed by atoms with Gasteiger partial charge in [0.05, 0.1) is 0 Å². The van der Waals surface area contributed by atoms with Gasteiger partial charge in [-0.1, -0.05) is 95.3 Å². The maximum absolute atomic E-state index is 3.78. The zero-order valence-electron chi connectivity index (χ0n) is 33.0. The molecule has 2 aliphatic rings. The van der Waals surface area contributed by atoms with E-state index < -0.39 is 0 Å². The van der Waals surface area contributed by atoms with Crippen molar-refractivity contribution in [2.24, 2.45) is 0 Å². The number of hydrogen-bond donors (Lipinski definition) is 0. The van der Waals surface area contributed by atoms with Crippen molar-refractivity contribution in [1.29, 1.82) is 0 Å².